The summed E-state index contributed by atoms with van der Waals surface area (Å²) in [6.07, 6.45) is 0. The zero-order chi connectivity index (χ0) is 21.8. The van der Waals surface area contributed by atoms with Crippen LogP contribution < -0.4 is 11.1 Å². The fraction of sp³-hybridized carbons (Fsp3) is 0.136. The Labute approximate surface area is 171 Å². The van der Waals surface area contributed by atoms with Crippen molar-refractivity contribution in [2.75, 3.05) is 7.11 Å². The van der Waals surface area contributed by atoms with Crippen LogP contribution in [0, 0.1) is 13.8 Å². The minimum absolute atomic E-state index is 0.101. The summed E-state index contributed by atoms with van der Waals surface area (Å²) in [5, 5.41) is 13.3. The smallest absolute Gasteiger partial charge is 0.356 e. The van der Waals surface area contributed by atoms with Gasteiger partial charge in [0.25, 0.3) is 11.1 Å². The summed E-state index contributed by atoms with van der Waals surface area (Å²) < 4.78 is 5.51. The number of aryl methyl sites for hydroxylation is 2. The molecule has 0 saturated carbocycles. The summed E-state index contributed by atoms with van der Waals surface area (Å²) in [5.41, 5.74) is 0.889. The van der Waals surface area contributed by atoms with Gasteiger partial charge in [-0.05, 0) is 26.0 Å². The van der Waals surface area contributed by atoms with E-state index in [0.717, 1.165) is 21.1 Å². The van der Waals surface area contributed by atoms with Gasteiger partial charge in [-0.15, -0.1) is 0 Å². The lowest BCUT2D eigenvalue weighted by Gasteiger charge is -2.09. The molecule has 0 aliphatic carbocycles. The monoisotopic (exact) mass is 404 g/mol. The number of fused-ring (bicyclic) bond motifs is 2. The second-order valence-corrected chi connectivity index (χ2v) is 6.47. The first-order valence-corrected chi connectivity index (χ1v) is 9.05. The van der Waals surface area contributed by atoms with E-state index in [2.05, 4.69) is 26.6 Å². The maximum absolute atomic E-state index is 12.2. The largest absolute Gasteiger partial charge is 0.464 e. The van der Waals surface area contributed by atoms with Crippen molar-refractivity contribution in [1.82, 2.24) is 20.0 Å². The molecule has 0 aliphatic rings. The number of ether oxygens (including phenoxy) is 1. The van der Waals surface area contributed by atoms with E-state index >= 15 is 0 Å². The number of rotatable bonds is 2. The molecule has 0 saturated heterocycles. The Morgan fingerprint density at radius 1 is 0.933 bits per heavy atom. The maximum Gasteiger partial charge on any atom is 0.356 e. The van der Waals surface area contributed by atoms with Crippen LogP contribution in [0.4, 0.5) is 0 Å². The summed E-state index contributed by atoms with van der Waals surface area (Å²) >= 11 is 0. The van der Waals surface area contributed by atoms with Gasteiger partial charge in [-0.25, -0.2) is 9.89 Å². The van der Waals surface area contributed by atoms with Crippen LogP contribution in [0.25, 0.3) is 27.2 Å². The molecular weight excluding hydrogens is 384 g/mol. The third kappa shape index (κ3) is 3.88. The number of nitrogens with one attached hydrogen (secondary N) is 1. The van der Waals surface area contributed by atoms with Crippen LogP contribution >= 0.6 is 0 Å². The molecule has 2 heterocycles. The number of H-pyrrole nitrogens is 1. The van der Waals surface area contributed by atoms with Crippen LogP contribution in [0.15, 0.2) is 64.7 Å². The predicted octanol–water partition coefficient (Wildman–Crippen LogP) is 2.58. The van der Waals surface area contributed by atoms with Gasteiger partial charge in [-0.2, -0.15) is 14.9 Å². The van der Waals surface area contributed by atoms with E-state index in [4.69, 9.17) is 0 Å². The minimum Gasteiger partial charge on any atom is -0.464 e. The van der Waals surface area contributed by atoms with Crippen LogP contribution in [-0.2, 0) is 9.53 Å². The quantitative estimate of drug-likeness (QED) is 0.406. The van der Waals surface area contributed by atoms with Gasteiger partial charge in [0.15, 0.2) is 0 Å². The minimum atomic E-state index is -0.681. The first-order valence-electron chi connectivity index (χ1n) is 9.05. The molecule has 2 aromatic carbocycles. The van der Waals surface area contributed by atoms with Gasteiger partial charge in [0.2, 0.25) is 0 Å². The van der Waals surface area contributed by atoms with Gasteiger partial charge in [0.1, 0.15) is 5.70 Å². The molecule has 0 unspecified atom stereocenters. The number of nitrogens with zero attached hydrogens (tertiary/aromatic N) is 3. The van der Waals surface area contributed by atoms with Gasteiger partial charge < -0.3 is 4.74 Å². The Morgan fingerprint density at radius 2 is 1.47 bits per heavy atom. The molecule has 0 radical (unpaired) electrons. The maximum atomic E-state index is 12.2. The van der Waals surface area contributed by atoms with Crippen molar-refractivity contribution in [1.29, 1.82) is 0 Å². The normalized spacial score (nSPS) is 10.4. The fourth-order valence-corrected chi connectivity index (χ4v) is 2.99. The van der Waals surface area contributed by atoms with Gasteiger partial charge in [0.05, 0.1) is 29.3 Å². The van der Waals surface area contributed by atoms with Crippen LogP contribution in [0.5, 0.6) is 0 Å². The average molecular weight is 404 g/mol. The Hall–Kier alpha value is -4.07. The van der Waals surface area contributed by atoms with E-state index in [-0.39, 0.29) is 16.8 Å². The van der Waals surface area contributed by atoms with Crippen molar-refractivity contribution < 1.29 is 9.53 Å². The highest BCUT2D eigenvalue weighted by Gasteiger charge is 2.15. The fourth-order valence-electron chi connectivity index (χ4n) is 2.99. The number of hydrogen-bond acceptors (Lipinski definition) is 6. The predicted molar refractivity (Wildman–Crippen MR) is 115 cm³/mol. The molecule has 8 nitrogen and oxygen atoms in total. The Balaban J connectivity index is 0.000000184. The van der Waals surface area contributed by atoms with E-state index in [1.54, 1.807) is 25.1 Å². The highest BCUT2D eigenvalue weighted by atomic mass is 16.5. The summed E-state index contributed by atoms with van der Waals surface area (Å²) in [6.45, 7) is 7.17. The van der Waals surface area contributed by atoms with E-state index < -0.39 is 5.97 Å². The van der Waals surface area contributed by atoms with Crippen molar-refractivity contribution >= 4 is 33.2 Å². The molecule has 0 amide bonds. The first-order chi connectivity index (χ1) is 14.3. The van der Waals surface area contributed by atoms with Crippen molar-refractivity contribution in [2.24, 2.45) is 0 Å². The van der Waals surface area contributed by atoms with E-state index in [9.17, 15) is 14.4 Å². The molecule has 0 atom stereocenters. The van der Waals surface area contributed by atoms with Crippen molar-refractivity contribution in [2.45, 2.75) is 13.8 Å². The van der Waals surface area contributed by atoms with Crippen molar-refractivity contribution in [3.05, 3.63) is 87.2 Å². The summed E-state index contributed by atoms with van der Waals surface area (Å²) in [6, 6.07) is 14.5. The van der Waals surface area contributed by atoms with Crippen LogP contribution in [-0.4, -0.2) is 33.1 Å². The zero-order valence-corrected chi connectivity index (χ0v) is 16.8. The van der Waals surface area contributed by atoms with Crippen molar-refractivity contribution in [3.8, 4) is 0 Å². The molecule has 2 aromatic heterocycles. The molecule has 0 spiro atoms. The topological polar surface area (TPSA) is 107 Å². The van der Waals surface area contributed by atoms with Gasteiger partial charge in [-0.3, -0.25) is 9.59 Å². The number of hydrogen-bond donors (Lipinski definition) is 1. The number of methoxy groups -OCH3 is 1. The highest BCUT2D eigenvalue weighted by molar-refractivity contribution is 6.09. The standard InChI is InChI=1S/C13H12N2O3.C9H8N2O/c1-8-10-6-4-5-7-11(10)12(16)15(14-8)9(2)13(17)18-3;1-6-7-4-2-3-5-8(7)9(12)11-10-6/h4-7H,2H2,1,3H3;2-5H,1H3,(H,11,12). The van der Waals surface area contributed by atoms with Gasteiger partial charge in [0, 0.05) is 10.8 Å². The number of esters is 1. The van der Waals surface area contributed by atoms with E-state index in [0.29, 0.717) is 16.5 Å². The lowest BCUT2D eigenvalue weighted by molar-refractivity contribution is -0.134. The Kier molecular flexibility index (Phi) is 5.87. The molecule has 0 bridgehead atoms. The Bertz CT molecular complexity index is 1390. The summed E-state index contributed by atoms with van der Waals surface area (Å²) in [5.74, 6) is -0.681. The van der Waals surface area contributed by atoms with Crippen LogP contribution in [0.3, 0.4) is 0 Å². The van der Waals surface area contributed by atoms with Gasteiger partial charge >= 0.3 is 5.97 Å². The van der Waals surface area contributed by atoms with Crippen molar-refractivity contribution in [3.63, 3.8) is 0 Å². The first kappa shape index (κ1) is 20.7. The van der Waals surface area contributed by atoms with Crippen LogP contribution in [0.2, 0.25) is 0 Å². The molecule has 4 rings (SSSR count). The number of carbonyl (C=O) groups is 1. The molecular formula is C22H20N4O4. The zero-order valence-electron chi connectivity index (χ0n) is 16.8. The average Bonchev–Trinajstić information content (AvgIpc) is 2.78. The number of aromatic amines is 1. The SMILES string of the molecule is C=C(C(=O)OC)n1nc(C)c2ccccc2c1=O.Cc1n[nH]c(=O)c2ccccc12. The second-order valence-electron chi connectivity index (χ2n) is 6.47. The summed E-state index contributed by atoms with van der Waals surface area (Å²) in [7, 11) is 1.23. The highest BCUT2D eigenvalue weighted by Crippen LogP contribution is 2.13. The molecule has 8 heteroatoms. The molecule has 152 valence electrons. The Morgan fingerprint density at radius 3 is 2.03 bits per heavy atom. The third-order valence-electron chi connectivity index (χ3n) is 4.55. The lowest BCUT2D eigenvalue weighted by atomic mass is 10.1. The third-order valence-corrected chi connectivity index (χ3v) is 4.55. The molecule has 0 aliphatic heterocycles. The molecule has 0 fully saturated rings. The molecule has 4 aromatic rings. The number of aromatic nitrogens is 4. The molecule has 30 heavy (non-hydrogen) atoms. The van der Waals surface area contributed by atoms with E-state index in [1.165, 1.54) is 7.11 Å². The number of benzene rings is 2. The van der Waals surface area contributed by atoms with Gasteiger partial charge in [-0.1, -0.05) is 43.0 Å². The second kappa shape index (κ2) is 8.52. The van der Waals surface area contributed by atoms with Crippen LogP contribution in [0.1, 0.15) is 11.4 Å². The summed E-state index contributed by atoms with van der Waals surface area (Å²) in [4.78, 5) is 34.8. The van der Waals surface area contributed by atoms with E-state index in [1.807, 2.05) is 37.3 Å². The lowest BCUT2D eigenvalue weighted by Crippen LogP contribution is -2.26. The molecule has 1 N–H and O–H groups in total. The number of carbonyl (C=O) groups excluding carboxylic acids is 1.